The highest BCUT2D eigenvalue weighted by molar-refractivity contribution is 4.82. The second-order valence-corrected chi connectivity index (χ2v) is 6.17. The van der Waals surface area contributed by atoms with Gasteiger partial charge in [0.05, 0.1) is 0 Å². The second-order valence-electron chi connectivity index (χ2n) is 6.17. The number of hydrogen-bond donors (Lipinski definition) is 1. The quantitative estimate of drug-likeness (QED) is 0.766. The van der Waals surface area contributed by atoms with Crippen LogP contribution in [0.5, 0.6) is 0 Å². The maximum atomic E-state index is 3.60. The van der Waals surface area contributed by atoms with Crippen molar-refractivity contribution in [1.82, 2.24) is 10.2 Å². The van der Waals surface area contributed by atoms with Crippen molar-refractivity contribution in [2.24, 2.45) is 5.92 Å². The Balaban J connectivity index is 2.36. The molecule has 1 aliphatic heterocycles. The summed E-state index contributed by atoms with van der Waals surface area (Å²) in [6, 6.07) is 2.14. The van der Waals surface area contributed by atoms with Gasteiger partial charge in [-0.2, -0.15) is 0 Å². The molecule has 1 aliphatic rings. The molecule has 2 heteroatoms. The van der Waals surface area contributed by atoms with Crippen LogP contribution >= 0.6 is 0 Å². The molecule has 4 atom stereocenters. The van der Waals surface area contributed by atoms with Crippen LogP contribution in [0.4, 0.5) is 0 Å². The fourth-order valence-electron chi connectivity index (χ4n) is 3.06. The molecule has 0 aliphatic carbocycles. The Morgan fingerprint density at radius 1 is 1.24 bits per heavy atom. The summed E-state index contributed by atoms with van der Waals surface area (Å²) in [6.45, 7) is 14.2. The van der Waals surface area contributed by atoms with E-state index >= 15 is 0 Å². The molecule has 1 saturated heterocycles. The zero-order chi connectivity index (χ0) is 12.8. The van der Waals surface area contributed by atoms with Gasteiger partial charge >= 0.3 is 0 Å². The van der Waals surface area contributed by atoms with E-state index in [-0.39, 0.29) is 0 Å². The van der Waals surface area contributed by atoms with Crippen LogP contribution in [0.2, 0.25) is 0 Å². The van der Waals surface area contributed by atoms with Crippen molar-refractivity contribution < 1.29 is 0 Å². The van der Waals surface area contributed by atoms with Gasteiger partial charge in [-0.3, -0.25) is 4.90 Å². The normalized spacial score (nSPS) is 30.2. The van der Waals surface area contributed by atoms with Crippen molar-refractivity contribution in [1.29, 1.82) is 0 Å². The van der Waals surface area contributed by atoms with Crippen molar-refractivity contribution in [2.75, 3.05) is 13.1 Å². The van der Waals surface area contributed by atoms with Crippen LogP contribution in [0.25, 0.3) is 0 Å². The van der Waals surface area contributed by atoms with Crippen molar-refractivity contribution in [3.05, 3.63) is 0 Å². The fraction of sp³-hybridized carbons (Fsp3) is 1.00. The van der Waals surface area contributed by atoms with E-state index in [1.54, 1.807) is 0 Å². The Bertz CT molecular complexity index is 205. The van der Waals surface area contributed by atoms with Crippen LogP contribution in [0, 0.1) is 5.92 Å². The fourth-order valence-corrected chi connectivity index (χ4v) is 3.06. The minimum atomic E-state index is 0.648. The Morgan fingerprint density at radius 3 is 2.59 bits per heavy atom. The summed E-state index contributed by atoms with van der Waals surface area (Å²) >= 11 is 0. The van der Waals surface area contributed by atoms with Crippen molar-refractivity contribution in [2.45, 2.75) is 78.4 Å². The van der Waals surface area contributed by atoms with Gasteiger partial charge in [-0.1, -0.05) is 13.8 Å². The lowest BCUT2D eigenvalue weighted by Gasteiger charge is -2.41. The van der Waals surface area contributed by atoms with E-state index in [2.05, 4.69) is 44.8 Å². The summed E-state index contributed by atoms with van der Waals surface area (Å²) in [4.78, 5) is 2.72. The molecule has 1 fully saturated rings. The molecule has 102 valence electrons. The highest BCUT2D eigenvalue weighted by Crippen LogP contribution is 2.24. The van der Waals surface area contributed by atoms with Crippen LogP contribution in [0.1, 0.15) is 60.3 Å². The van der Waals surface area contributed by atoms with Gasteiger partial charge < -0.3 is 5.32 Å². The van der Waals surface area contributed by atoms with Crippen molar-refractivity contribution >= 4 is 0 Å². The van der Waals surface area contributed by atoms with Gasteiger partial charge in [-0.25, -0.2) is 0 Å². The minimum Gasteiger partial charge on any atom is -0.314 e. The minimum absolute atomic E-state index is 0.648. The zero-order valence-corrected chi connectivity index (χ0v) is 12.5. The van der Waals surface area contributed by atoms with Gasteiger partial charge in [0.2, 0.25) is 0 Å². The number of rotatable bonds is 6. The molecule has 1 rings (SSSR count). The van der Waals surface area contributed by atoms with E-state index in [1.807, 2.05) is 0 Å². The molecule has 0 aromatic heterocycles. The predicted molar refractivity (Wildman–Crippen MR) is 76.4 cm³/mol. The van der Waals surface area contributed by atoms with Gasteiger partial charge in [0.25, 0.3) is 0 Å². The topological polar surface area (TPSA) is 15.3 Å². The molecule has 2 nitrogen and oxygen atoms in total. The summed E-state index contributed by atoms with van der Waals surface area (Å²) in [5, 5.41) is 3.60. The standard InChI is InChI=1S/C15H32N2/c1-6-9-16-13(3)10-15(5)17-11-12(2)7-8-14(17)4/h12-16H,6-11H2,1-5H3. The van der Waals surface area contributed by atoms with Crippen LogP contribution in [-0.2, 0) is 0 Å². The lowest BCUT2D eigenvalue weighted by molar-refractivity contribution is 0.0762. The van der Waals surface area contributed by atoms with Gasteiger partial charge in [0.1, 0.15) is 0 Å². The van der Waals surface area contributed by atoms with Crippen LogP contribution < -0.4 is 5.32 Å². The summed E-state index contributed by atoms with van der Waals surface area (Å²) in [5.74, 6) is 0.882. The number of likely N-dealkylation sites (tertiary alicyclic amines) is 1. The lowest BCUT2D eigenvalue weighted by Crippen LogP contribution is -2.48. The molecular formula is C15H32N2. The Kier molecular flexibility index (Phi) is 6.50. The smallest absolute Gasteiger partial charge is 0.00845 e. The highest BCUT2D eigenvalue weighted by atomic mass is 15.2. The highest BCUT2D eigenvalue weighted by Gasteiger charge is 2.27. The molecule has 1 heterocycles. The van der Waals surface area contributed by atoms with Gasteiger partial charge in [-0.15, -0.1) is 0 Å². The average Bonchev–Trinajstić information content (AvgIpc) is 2.29. The van der Waals surface area contributed by atoms with E-state index in [0.29, 0.717) is 12.1 Å². The van der Waals surface area contributed by atoms with Crippen molar-refractivity contribution in [3.8, 4) is 0 Å². The molecule has 0 aromatic rings. The molecule has 4 unspecified atom stereocenters. The number of nitrogens with zero attached hydrogens (tertiary/aromatic N) is 1. The number of hydrogen-bond acceptors (Lipinski definition) is 2. The first kappa shape index (κ1) is 15.0. The first-order valence-electron chi connectivity index (χ1n) is 7.53. The third-order valence-corrected chi connectivity index (χ3v) is 4.17. The van der Waals surface area contributed by atoms with E-state index < -0.39 is 0 Å². The summed E-state index contributed by atoms with van der Waals surface area (Å²) in [5.41, 5.74) is 0. The van der Waals surface area contributed by atoms with Crippen molar-refractivity contribution in [3.63, 3.8) is 0 Å². The maximum absolute atomic E-state index is 3.60. The lowest BCUT2D eigenvalue weighted by atomic mass is 9.92. The van der Waals surface area contributed by atoms with Crippen LogP contribution in [0.15, 0.2) is 0 Å². The molecule has 1 N–H and O–H groups in total. The molecule has 0 radical (unpaired) electrons. The number of nitrogens with one attached hydrogen (secondary N) is 1. The third kappa shape index (κ3) is 4.97. The monoisotopic (exact) mass is 240 g/mol. The summed E-state index contributed by atoms with van der Waals surface area (Å²) in [6.07, 6.45) is 5.29. The van der Waals surface area contributed by atoms with Gasteiger partial charge in [0, 0.05) is 24.7 Å². The van der Waals surface area contributed by atoms with Gasteiger partial charge in [0.15, 0.2) is 0 Å². The SMILES string of the molecule is CCCNC(C)CC(C)N1CC(C)CCC1C. The molecule has 0 bridgehead atoms. The van der Waals surface area contributed by atoms with E-state index in [9.17, 15) is 0 Å². The van der Waals surface area contributed by atoms with E-state index in [4.69, 9.17) is 0 Å². The first-order valence-corrected chi connectivity index (χ1v) is 7.53. The molecule has 0 saturated carbocycles. The third-order valence-electron chi connectivity index (χ3n) is 4.17. The summed E-state index contributed by atoms with van der Waals surface area (Å²) < 4.78 is 0. The van der Waals surface area contributed by atoms with E-state index in [0.717, 1.165) is 18.5 Å². The van der Waals surface area contributed by atoms with Crippen LogP contribution in [0.3, 0.4) is 0 Å². The maximum Gasteiger partial charge on any atom is 0.00845 e. The zero-order valence-electron chi connectivity index (χ0n) is 12.5. The molecule has 0 spiro atoms. The Hall–Kier alpha value is -0.0800. The molecule has 0 amide bonds. The molecule has 17 heavy (non-hydrogen) atoms. The van der Waals surface area contributed by atoms with E-state index in [1.165, 1.54) is 32.2 Å². The largest absolute Gasteiger partial charge is 0.314 e. The molecule has 0 aromatic carbocycles. The average molecular weight is 240 g/mol. The summed E-state index contributed by atoms with van der Waals surface area (Å²) in [7, 11) is 0. The second kappa shape index (κ2) is 7.38. The Morgan fingerprint density at radius 2 is 1.94 bits per heavy atom. The Labute approximate surface area is 108 Å². The van der Waals surface area contributed by atoms with Crippen LogP contribution in [-0.4, -0.2) is 36.1 Å². The predicted octanol–water partition coefficient (Wildman–Crippen LogP) is 3.27. The molecular weight excluding hydrogens is 208 g/mol. The first-order chi connectivity index (χ1) is 8.04. The number of piperidine rings is 1. The van der Waals surface area contributed by atoms with Gasteiger partial charge in [-0.05, 0) is 58.9 Å².